The van der Waals surface area contributed by atoms with Gasteiger partial charge >= 0.3 is 0 Å². The zero-order valence-electron chi connectivity index (χ0n) is 19.1. The van der Waals surface area contributed by atoms with E-state index in [-0.39, 0.29) is 5.91 Å². The first-order valence-corrected chi connectivity index (χ1v) is 11.0. The Balaban J connectivity index is 1.93. The number of pyridine rings is 1. The van der Waals surface area contributed by atoms with Crippen LogP contribution in [0.3, 0.4) is 0 Å². The molecule has 0 aliphatic carbocycles. The first-order valence-electron chi connectivity index (χ1n) is 11.0. The molecule has 0 saturated heterocycles. The van der Waals surface area contributed by atoms with Gasteiger partial charge in [0.05, 0.1) is 18.8 Å². The van der Waals surface area contributed by atoms with Gasteiger partial charge in [0.1, 0.15) is 0 Å². The Labute approximate surface area is 196 Å². The van der Waals surface area contributed by atoms with Crippen molar-refractivity contribution in [3.05, 3.63) is 127 Å². The zero-order chi connectivity index (χ0) is 23.3. The van der Waals surface area contributed by atoms with Gasteiger partial charge in [-0.3, -0.25) is 9.78 Å². The molecular weight excluding hydrogens is 408 g/mol. The number of hydrogen-bond acceptors (Lipinski definition) is 3. The maximum Gasteiger partial charge on any atom is 0.255 e. The molecule has 33 heavy (non-hydrogen) atoms. The Morgan fingerprint density at radius 2 is 1.76 bits per heavy atom. The van der Waals surface area contributed by atoms with Crippen LogP contribution in [-0.4, -0.2) is 36.1 Å². The van der Waals surface area contributed by atoms with Gasteiger partial charge in [0.15, 0.2) is 0 Å². The molecule has 1 heterocycles. The van der Waals surface area contributed by atoms with Crippen LogP contribution in [-0.2, 0) is 11.3 Å². The highest BCUT2D eigenvalue weighted by atomic mass is 16.5. The van der Waals surface area contributed by atoms with E-state index in [1.807, 2.05) is 89.8 Å². The molecule has 4 nitrogen and oxygen atoms in total. The number of carbonyl (C=O) groups excluding carboxylic acids is 1. The summed E-state index contributed by atoms with van der Waals surface area (Å²) in [7, 11) is 1.67. The Bertz CT molecular complexity index is 1090. The van der Waals surface area contributed by atoms with Crippen LogP contribution in [0.2, 0.25) is 0 Å². The van der Waals surface area contributed by atoms with Gasteiger partial charge in [0, 0.05) is 25.4 Å². The predicted octanol–water partition coefficient (Wildman–Crippen LogP) is 6.10. The molecule has 168 valence electrons. The van der Waals surface area contributed by atoms with Crippen LogP contribution >= 0.6 is 0 Å². The summed E-state index contributed by atoms with van der Waals surface area (Å²) in [6.07, 6.45) is 10.2. The van der Waals surface area contributed by atoms with Crippen LogP contribution in [0.15, 0.2) is 115 Å². The van der Waals surface area contributed by atoms with E-state index < -0.39 is 0 Å². The largest absolute Gasteiger partial charge is 0.381 e. The number of allylic oxidation sites excluding steroid dienone is 3. The van der Waals surface area contributed by atoms with Crippen molar-refractivity contribution in [2.45, 2.75) is 13.0 Å². The van der Waals surface area contributed by atoms with Crippen LogP contribution < -0.4 is 0 Å². The molecular formula is C29H30N2O2. The molecule has 3 aromatic rings. The molecule has 0 aliphatic heterocycles. The lowest BCUT2D eigenvalue weighted by atomic mass is 9.98. The lowest BCUT2D eigenvalue weighted by Crippen LogP contribution is -2.33. The molecule has 3 rings (SSSR count). The maximum absolute atomic E-state index is 13.9. The summed E-state index contributed by atoms with van der Waals surface area (Å²) in [6, 6.07) is 23.5. The van der Waals surface area contributed by atoms with Crippen molar-refractivity contribution >= 4 is 5.91 Å². The molecule has 0 N–H and O–H groups in total. The second-order valence-corrected chi connectivity index (χ2v) is 7.59. The molecule has 1 amide bonds. The number of nitrogens with zero attached hydrogens (tertiary/aromatic N) is 2. The number of hydrogen-bond donors (Lipinski definition) is 0. The Morgan fingerprint density at radius 3 is 2.48 bits per heavy atom. The van der Waals surface area contributed by atoms with E-state index in [0.29, 0.717) is 31.7 Å². The van der Waals surface area contributed by atoms with Crippen molar-refractivity contribution in [3.63, 3.8) is 0 Å². The normalized spacial score (nSPS) is 11.5. The standard InChI is InChI=1S/C29H30N2O2/c1-3-13-24(14-10-12-21-33-2)22-31(23-26-17-9-11-20-30-26)29(32)28-19-8-7-18-27(28)25-15-5-4-6-16-25/h3-13,15-20H,1,14,21-23H2,2H3/b12-10-,24-13+. The van der Waals surface area contributed by atoms with Gasteiger partial charge in [-0.15, -0.1) is 0 Å². The van der Waals surface area contributed by atoms with E-state index in [0.717, 1.165) is 22.4 Å². The average Bonchev–Trinajstić information content (AvgIpc) is 2.87. The molecule has 0 spiro atoms. The minimum Gasteiger partial charge on any atom is -0.381 e. The summed E-state index contributed by atoms with van der Waals surface area (Å²) >= 11 is 0. The molecule has 0 aliphatic rings. The third-order valence-electron chi connectivity index (χ3n) is 5.17. The van der Waals surface area contributed by atoms with Crippen LogP contribution in [0, 0.1) is 0 Å². The van der Waals surface area contributed by atoms with Crippen LogP contribution in [0.4, 0.5) is 0 Å². The molecule has 0 bridgehead atoms. The Hall–Kier alpha value is -3.76. The van der Waals surface area contributed by atoms with Crippen molar-refractivity contribution in [3.8, 4) is 11.1 Å². The van der Waals surface area contributed by atoms with E-state index in [1.165, 1.54) is 0 Å². The zero-order valence-corrected chi connectivity index (χ0v) is 19.1. The topological polar surface area (TPSA) is 42.4 Å². The van der Waals surface area contributed by atoms with Crippen LogP contribution in [0.1, 0.15) is 22.5 Å². The first-order chi connectivity index (χ1) is 16.2. The van der Waals surface area contributed by atoms with E-state index in [9.17, 15) is 4.79 Å². The minimum absolute atomic E-state index is 0.0315. The van der Waals surface area contributed by atoms with Crippen molar-refractivity contribution in [2.75, 3.05) is 20.3 Å². The fraction of sp³-hybridized carbons (Fsp3) is 0.172. The third kappa shape index (κ3) is 7.13. The van der Waals surface area contributed by atoms with E-state index >= 15 is 0 Å². The number of carbonyl (C=O) groups is 1. The van der Waals surface area contributed by atoms with E-state index in [1.54, 1.807) is 19.4 Å². The summed E-state index contributed by atoms with van der Waals surface area (Å²) in [5, 5.41) is 0. The number of ether oxygens (including phenoxy) is 1. The van der Waals surface area contributed by atoms with Crippen LogP contribution in [0.5, 0.6) is 0 Å². The quantitative estimate of drug-likeness (QED) is 0.268. The molecule has 0 fully saturated rings. The van der Waals surface area contributed by atoms with Gasteiger partial charge in [0.25, 0.3) is 5.91 Å². The van der Waals surface area contributed by atoms with Crippen molar-refractivity contribution < 1.29 is 9.53 Å². The highest BCUT2D eigenvalue weighted by Gasteiger charge is 2.21. The van der Waals surface area contributed by atoms with Gasteiger partial charge in [-0.1, -0.05) is 85.5 Å². The van der Waals surface area contributed by atoms with Gasteiger partial charge in [-0.05, 0) is 41.3 Å². The minimum atomic E-state index is -0.0315. The molecule has 0 atom stereocenters. The monoisotopic (exact) mass is 438 g/mol. The fourth-order valence-electron chi connectivity index (χ4n) is 3.59. The number of aromatic nitrogens is 1. The second-order valence-electron chi connectivity index (χ2n) is 7.59. The Kier molecular flexibility index (Phi) is 9.37. The average molecular weight is 439 g/mol. The summed E-state index contributed by atoms with van der Waals surface area (Å²) in [5.74, 6) is -0.0315. The van der Waals surface area contributed by atoms with E-state index in [2.05, 4.69) is 17.6 Å². The highest BCUT2D eigenvalue weighted by Crippen LogP contribution is 2.25. The summed E-state index contributed by atoms with van der Waals surface area (Å²) in [4.78, 5) is 20.2. The number of rotatable bonds is 11. The van der Waals surface area contributed by atoms with E-state index in [4.69, 9.17) is 4.74 Å². The van der Waals surface area contributed by atoms with Gasteiger partial charge in [0.2, 0.25) is 0 Å². The lowest BCUT2D eigenvalue weighted by Gasteiger charge is -2.25. The smallest absolute Gasteiger partial charge is 0.255 e. The SMILES string of the molecule is C=C/C=C(\C/C=C\COC)CN(Cc1ccccn1)C(=O)c1ccccc1-c1ccccc1. The summed E-state index contributed by atoms with van der Waals surface area (Å²) in [5.41, 5.74) is 4.54. The number of amides is 1. The molecule has 2 aromatic carbocycles. The summed E-state index contributed by atoms with van der Waals surface area (Å²) < 4.78 is 5.10. The first kappa shape index (κ1) is 23.9. The highest BCUT2D eigenvalue weighted by molar-refractivity contribution is 6.01. The number of benzene rings is 2. The molecule has 4 heteroatoms. The van der Waals surface area contributed by atoms with Crippen LogP contribution in [0.25, 0.3) is 11.1 Å². The lowest BCUT2D eigenvalue weighted by molar-refractivity contribution is 0.0756. The molecule has 0 radical (unpaired) electrons. The molecule has 0 saturated carbocycles. The van der Waals surface area contributed by atoms with Gasteiger partial charge in [-0.2, -0.15) is 0 Å². The molecule has 1 aromatic heterocycles. The number of methoxy groups -OCH3 is 1. The summed E-state index contributed by atoms with van der Waals surface area (Å²) in [6.45, 7) is 5.30. The molecule has 0 unspecified atom stereocenters. The van der Waals surface area contributed by atoms with Crippen molar-refractivity contribution in [2.24, 2.45) is 0 Å². The maximum atomic E-state index is 13.9. The Morgan fingerprint density at radius 1 is 1.00 bits per heavy atom. The van der Waals surface area contributed by atoms with Gasteiger partial charge in [-0.25, -0.2) is 0 Å². The van der Waals surface area contributed by atoms with Gasteiger partial charge < -0.3 is 9.64 Å². The van der Waals surface area contributed by atoms with Crippen molar-refractivity contribution in [1.82, 2.24) is 9.88 Å². The second kappa shape index (κ2) is 12.9. The van der Waals surface area contributed by atoms with Crippen molar-refractivity contribution in [1.29, 1.82) is 0 Å². The fourth-order valence-corrected chi connectivity index (χ4v) is 3.59. The third-order valence-corrected chi connectivity index (χ3v) is 5.17. The predicted molar refractivity (Wildman–Crippen MR) is 135 cm³/mol.